The number of hydrogen-bond donors (Lipinski definition) is 3. The lowest BCUT2D eigenvalue weighted by molar-refractivity contribution is 0.0685. The number of hydrogen-bond acceptors (Lipinski definition) is 3. The summed E-state index contributed by atoms with van der Waals surface area (Å²) in [6.07, 6.45) is 4.05. The molecule has 1 aliphatic rings. The summed E-state index contributed by atoms with van der Waals surface area (Å²) in [5, 5.41) is 17.3. The SMILES string of the molecule is CC1(O)CCN(CCCCC(C)(C)C(=N)N)C1. The number of unbranched alkanes of at least 4 members (excludes halogenated alkanes) is 1. The smallest absolute Gasteiger partial charge is 0.0963 e. The van der Waals surface area contributed by atoms with E-state index in [9.17, 15) is 5.11 Å². The second-order valence-corrected chi connectivity index (χ2v) is 6.28. The van der Waals surface area contributed by atoms with Crippen LogP contribution in [0.3, 0.4) is 0 Å². The number of rotatable bonds is 6. The van der Waals surface area contributed by atoms with Crippen molar-refractivity contribution in [3.05, 3.63) is 0 Å². The zero-order valence-corrected chi connectivity index (χ0v) is 11.4. The van der Waals surface area contributed by atoms with Gasteiger partial charge in [0.2, 0.25) is 0 Å². The van der Waals surface area contributed by atoms with Gasteiger partial charge in [-0.15, -0.1) is 0 Å². The second kappa shape index (κ2) is 5.36. The van der Waals surface area contributed by atoms with E-state index in [2.05, 4.69) is 4.90 Å². The molecule has 4 N–H and O–H groups in total. The molecule has 100 valence electrons. The molecule has 1 rings (SSSR count). The maximum atomic E-state index is 9.84. The van der Waals surface area contributed by atoms with Crippen molar-refractivity contribution in [3.63, 3.8) is 0 Å². The van der Waals surface area contributed by atoms with Crippen LogP contribution in [0.5, 0.6) is 0 Å². The summed E-state index contributed by atoms with van der Waals surface area (Å²) in [4.78, 5) is 2.32. The van der Waals surface area contributed by atoms with Gasteiger partial charge in [-0.1, -0.05) is 20.3 Å². The topological polar surface area (TPSA) is 73.3 Å². The van der Waals surface area contributed by atoms with Crippen LogP contribution < -0.4 is 5.73 Å². The molecule has 0 spiro atoms. The molecule has 1 aliphatic heterocycles. The third-order valence-electron chi connectivity index (χ3n) is 3.79. The van der Waals surface area contributed by atoms with E-state index >= 15 is 0 Å². The molecule has 1 fully saturated rings. The summed E-state index contributed by atoms with van der Waals surface area (Å²) in [7, 11) is 0. The molecule has 17 heavy (non-hydrogen) atoms. The van der Waals surface area contributed by atoms with E-state index in [1.54, 1.807) is 0 Å². The molecule has 1 unspecified atom stereocenters. The van der Waals surface area contributed by atoms with Gasteiger partial charge in [-0.2, -0.15) is 0 Å². The first-order chi connectivity index (χ1) is 7.73. The molecular weight excluding hydrogens is 214 g/mol. The molecule has 4 heteroatoms. The first-order valence-corrected chi connectivity index (χ1v) is 6.52. The Bertz CT molecular complexity index is 274. The Morgan fingerprint density at radius 2 is 2.12 bits per heavy atom. The summed E-state index contributed by atoms with van der Waals surface area (Å²) in [5.74, 6) is 0.279. The van der Waals surface area contributed by atoms with Crippen molar-refractivity contribution in [1.29, 1.82) is 5.41 Å². The molecular formula is C13H27N3O. The fraction of sp³-hybridized carbons (Fsp3) is 0.923. The first-order valence-electron chi connectivity index (χ1n) is 6.52. The highest BCUT2D eigenvalue weighted by Gasteiger charge is 2.30. The highest BCUT2D eigenvalue weighted by Crippen LogP contribution is 2.24. The highest BCUT2D eigenvalue weighted by molar-refractivity contribution is 5.82. The molecule has 0 radical (unpaired) electrons. The van der Waals surface area contributed by atoms with Crippen molar-refractivity contribution >= 4 is 5.84 Å². The van der Waals surface area contributed by atoms with Crippen molar-refractivity contribution in [2.75, 3.05) is 19.6 Å². The van der Waals surface area contributed by atoms with Gasteiger partial charge in [-0.3, -0.25) is 5.41 Å². The van der Waals surface area contributed by atoms with Crippen molar-refractivity contribution in [2.45, 2.75) is 52.1 Å². The molecule has 0 aromatic carbocycles. The zero-order valence-electron chi connectivity index (χ0n) is 11.4. The summed E-state index contributed by atoms with van der Waals surface area (Å²) < 4.78 is 0. The van der Waals surface area contributed by atoms with Gasteiger partial charge in [0.25, 0.3) is 0 Å². The Balaban J connectivity index is 2.15. The average molecular weight is 241 g/mol. The van der Waals surface area contributed by atoms with Gasteiger partial charge in [0.1, 0.15) is 0 Å². The number of β-amino-alcohol motifs (C(OH)–C–C–N with tert-alkyl or cyclic N) is 1. The summed E-state index contributed by atoms with van der Waals surface area (Å²) >= 11 is 0. The fourth-order valence-electron chi connectivity index (χ4n) is 2.27. The zero-order chi connectivity index (χ0) is 13.1. The van der Waals surface area contributed by atoms with E-state index in [1.165, 1.54) is 0 Å². The maximum absolute atomic E-state index is 9.84. The molecule has 0 amide bonds. The lowest BCUT2D eigenvalue weighted by Crippen LogP contribution is -2.32. The van der Waals surface area contributed by atoms with Crippen LogP contribution in [0.25, 0.3) is 0 Å². The van der Waals surface area contributed by atoms with Crippen molar-refractivity contribution < 1.29 is 5.11 Å². The number of nitrogens with two attached hydrogens (primary N) is 1. The molecule has 1 saturated heterocycles. The minimum atomic E-state index is -0.487. The van der Waals surface area contributed by atoms with E-state index in [4.69, 9.17) is 11.1 Å². The number of nitrogens with one attached hydrogen (secondary N) is 1. The van der Waals surface area contributed by atoms with E-state index < -0.39 is 5.60 Å². The van der Waals surface area contributed by atoms with Crippen LogP contribution in [-0.2, 0) is 0 Å². The van der Waals surface area contributed by atoms with E-state index in [0.29, 0.717) is 0 Å². The van der Waals surface area contributed by atoms with Crippen molar-refractivity contribution in [2.24, 2.45) is 11.1 Å². The van der Waals surface area contributed by atoms with Crippen LogP contribution in [-0.4, -0.2) is 41.1 Å². The highest BCUT2D eigenvalue weighted by atomic mass is 16.3. The molecule has 0 aliphatic carbocycles. The van der Waals surface area contributed by atoms with Crippen LogP contribution in [0.15, 0.2) is 0 Å². The number of amidine groups is 1. The molecule has 0 aromatic heterocycles. The average Bonchev–Trinajstić information content (AvgIpc) is 2.53. The number of aliphatic hydroxyl groups is 1. The van der Waals surface area contributed by atoms with E-state index in [1.807, 2.05) is 20.8 Å². The molecule has 4 nitrogen and oxygen atoms in total. The molecule has 1 atom stereocenters. The minimum Gasteiger partial charge on any atom is -0.389 e. The predicted molar refractivity (Wildman–Crippen MR) is 71.2 cm³/mol. The third-order valence-corrected chi connectivity index (χ3v) is 3.79. The largest absolute Gasteiger partial charge is 0.389 e. The summed E-state index contributed by atoms with van der Waals surface area (Å²) in [6, 6.07) is 0. The fourth-order valence-corrected chi connectivity index (χ4v) is 2.27. The van der Waals surface area contributed by atoms with Crippen LogP contribution >= 0.6 is 0 Å². The van der Waals surface area contributed by atoms with Gasteiger partial charge in [0.05, 0.1) is 11.4 Å². The van der Waals surface area contributed by atoms with Gasteiger partial charge >= 0.3 is 0 Å². The van der Waals surface area contributed by atoms with E-state index in [0.717, 1.165) is 45.3 Å². The Hall–Kier alpha value is -0.610. The predicted octanol–water partition coefficient (Wildman–Crippen LogP) is 1.58. The summed E-state index contributed by atoms with van der Waals surface area (Å²) in [5.41, 5.74) is 4.89. The Labute approximate surface area is 105 Å². The molecule has 0 aromatic rings. The van der Waals surface area contributed by atoms with Gasteiger partial charge in [0.15, 0.2) is 0 Å². The third kappa shape index (κ3) is 4.64. The Morgan fingerprint density at radius 1 is 1.47 bits per heavy atom. The van der Waals surface area contributed by atoms with Crippen molar-refractivity contribution in [3.8, 4) is 0 Å². The van der Waals surface area contributed by atoms with Crippen LogP contribution in [0.1, 0.15) is 46.5 Å². The number of likely N-dealkylation sites (tertiary alicyclic amines) is 1. The monoisotopic (exact) mass is 241 g/mol. The lowest BCUT2D eigenvalue weighted by atomic mass is 9.86. The minimum absolute atomic E-state index is 0.170. The second-order valence-electron chi connectivity index (χ2n) is 6.28. The Morgan fingerprint density at radius 3 is 2.59 bits per heavy atom. The quantitative estimate of drug-likeness (QED) is 0.375. The first kappa shape index (κ1) is 14.5. The van der Waals surface area contributed by atoms with Crippen LogP contribution in [0.4, 0.5) is 0 Å². The van der Waals surface area contributed by atoms with Crippen LogP contribution in [0, 0.1) is 10.8 Å². The standard InChI is InChI=1S/C13H27N3O/c1-12(2,11(14)15)6-4-5-8-16-9-7-13(3,17)10-16/h17H,4-10H2,1-3H3,(H3,14,15). The van der Waals surface area contributed by atoms with Crippen molar-refractivity contribution in [1.82, 2.24) is 4.90 Å². The van der Waals surface area contributed by atoms with E-state index in [-0.39, 0.29) is 11.3 Å². The maximum Gasteiger partial charge on any atom is 0.0963 e. The Kier molecular flexibility index (Phi) is 4.55. The molecule has 0 saturated carbocycles. The van der Waals surface area contributed by atoms with Gasteiger partial charge in [-0.05, 0) is 32.7 Å². The summed E-state index contributed by atoms with van der Waals surface area (Å²) in [6.45, 7) is 8.80. The molecule has 0 bridgehead atoms. The number of nitrogens with zero attached hydrogens (tertiary/aromatic N) is 1. The van der Waals surface area contributed by atoms with Gasteiger partial charge in [-0.25, -0.2) is 0 Å². The lowest BCUT2D eigenvalue weighted by Gasteiger charge is -2.23. The molecule has 1 heterocycles. The van der Waals surface area contributed by atoms with Gasteiger partial charge in [0, 0.05) is 18.5 Å². The van der Waals surface area contributed by atoms with Gasteiger partial charge < -0.3 is 15.7 Å². The normalized spacial score (nSPS) is 26.4. The van der Waals surface area contributed by atoms with Crippen LogP contribution in [0.2, 0.25) is 0 Å².